The summed E-state index contributed by atoms with van der Waals surface area (Å²) in [6.45, 7) is 0.461. The van der Waals surface area contributed by atoms with Crippen LogP contribution in [-0.2, 0) is 19.9 Å². The van der Waals surface area contributed by atoms with Gasteiger partial charge in [-0.3, -0.25) is 9.59 Å². The van der Waals surface area contributed by atoms with Gasteiger partial charge in [0, 0.05) is 25.1 Å². The lowest BCUT2D eigenvalue weighted by Crippen LogP contribution is -2.42. The lowest BCUT2D eigenvalue weighted by Gasteiger charge is -2.35. The molecule has 0 saturated heterocycles. The Hall–Kier alpha value is -3.12. The number of rotatable bonds is 11. The summed E-state index contributed by atoms with van der Waals surface area (Å²) in [6, 6.07) is 9.58. The van der Waals surface area contributed by atoms with Crippen molar-refractivity contribution in [2.45, 2.75) is 49.9 Å². The van der Waals surface area contributed by atoms with Crippen molar-refractivity contribution in [3.05, 3.63) is 68.3 Å². The van der Waals surface area contributed by atoms with Gasteiger partial charge in [-0.25, -0.2) is 9.18 Å². The summed E-state index contributed by atoms with van der Waals surface area (Å²) < 4.78 is 25.2. The quantitative estimate of drug-likeness (QED) is 0.250. The van der Waals surface area contributed by atoms with Gasteiger partial charge in [0.2, 0.25) is 11.5 Å². The second kappa shape index (κ2) is 12.8. The van der Waals surface area contributed by atoms with Crippen LogP contribution in [0.25, 0.3) is 0 Å². The number of aldehydes is 1. The van der Waals surface area contributed by atoms with Gasteiger partial charge in [0.05, 0.1) is 28.1 Å². The first kappa shape index (κ1) is 28.9. The van der Waals surface area contributed by atoms with Gasteiger partial charge in [-0.05, 0) is 61.7 Å². The van der Waals surface area contributed by atoms with E-state index in [0.29, 0.717) is 35.4 Å². The zero-order chi connectivity index (χ0) is 28.0. The molecule has 2 N–H and O–H groups in total. The average molecular weight is 575 g/mol. The Kier molecular flexibility index (Phi) is 9.49. The third kappa shape index (κ3) is 6.55. The molecule has 39 heavy (non-hydrogen) atoms. The maximum absolute atomic E-state index is 14.3. The highest BCUT2D eigenvalue weighted by molar-refractivity contribution is 7.12. The fourth-order valence-corrected chi connectivity index (χ4v) is 6.45. The Morgan fingerprint density at radius 2 is 1.79 bits per heavy atom. The Balaban J connectivity index is 1.27. The summed E-state index contributed by atoms with van der Waals surface area (Å²) >= 11 is 2.62. The number of esters is 1. The highest BCUT2D eigenvalue weighted by Gasteiger charge is 2.45. The molecule has 1 fully saturated rings. The van der Waals surface area contributed by atoms with Crippen LogP contribution in [0, 0.1) is 5.82 Å². The number of ether oxygens (including phenoxy) is 2. The van der Waals surface area contributed by atoms with Gasteiger partial charge in [-0.1, -0.05) is 12.1 Å². The molecule has 8 nitrogen and oxygen atoms in total. The number of nitrogens with zero attached hydrogens (tertiary/aromatic N) is 1. The SMILES string of the molecule is COc1cc(NC(=O)CCN(C)[C@H]2CC[C@H](OC(=O)C(O)(c3cccs3)c3cccs3)CC2)c(F)cc1C=O. The summed E-state index contributed by atoms with van der Waals surface area (Å²) in [5.74, 6) is -1.55. The third-order valence-corrected chi connectivity index (χ3v) is 8.96. The molecular weight excluding hydrogens is 543 g/mol. The van der Waals surface area contributed by atoms with Crippen molar-refractivity contribution in [3.8, 4) is 5.75 Å². The van der Waals surface area contributed by atoms with Gasteiger partial charge in [-0.15, -0.1) is 22.7 Å². The Morgan fingerprint density at radius 1 is 1.15 bits per heavy atom. The van der Waals surface area contributed by atoms with Crippen LogP contribution in [-0.4, -0.2) is 61.0 Å². The van der Waals surface area contributed by atoms with Crippen LogP contribution in [0.5, 0.6) is 5.75 Å². The zero-order valence-electron chi connectivity index (χ0n) is 21.7. The first-order valence-corrected chi connectivity index (χ1v) is 14.4. The largest absolute Gasteiger partial charge is 0.496 e. The zero-order valence-corrected chi connectivity index (χ0v) is 23.4. The van der Waals surface area contributed by atoms with Crippen LogP contribution >= 0.6 is 22.7 Å². The fourth-order valence-electron chi connectivity index (χ4n) is 4.74. The van der Waals surface area contributed by atoms with Crippen molar-refractivity contribution in [1.82, 2.24) is 4.90 Å². The molecule has 1 aromatic carbocycles. The number of carbonyl (C=O) groups excluding carboxylic acids is 3. The van der Waals surface area contributed by atoms with Crippen molar-refractivity contribution in [2.75, 3.05) is 26.0 Å². The number of thiophene rings is 2. The molecule has 11 heteroatoms. The Labute approximate surface area is 234 Å². The number of carbonyl (C=O) groups is 3. The van der Waals surface area contributed by atoms with Gasteiger partial charge in [0.15, 0.2) is 6.29 Å². The summed E-state index contributed by atoms with van der Waals surface area (Å²) in [5.41, 5.74) is -1.80. The highest BCUT2D eigenvalue weighted by atomic mass is 32.1. The van der Waals surface area contributed by atoms with E-state index >= 15 is 0 Å². The molecule has 1 aliphatic carbocycles. The van der Waals surface area contributed by atoms with Gasteiger partial charge in [0.1, 0.15) is 17.7 Å². The van der Waals surface area contributed by atoms with Gasteiger partial charge < -0.3 is 24.8 Å². The number of methoxy groups -OCH3 is 1. The lowest BCUT2D eigenvalue weighted by atomic mass is 9.91. The van der Waals surface area contributed by atoms with Crippen LogP contribution in [0.15, 0.2) is 47.2 Å². The minimum Gasteiger partial charge on any atom is -0.496 e. The number of aliphatic hydroxyl groups is 1. The van der Waals surface area contributed by atoms with Gasteiger partial charge in [0.25, 0.3) is 0 Å². The topological polar surface area (TPSA) is 105 Å². The summed E-state index contributed by atoms with van der Waals surface area (Å²) in [4.78, 5) is 39.9. The molecule has 0 spiro atoms. The molecular formula is C28H31FN2O6S2. The highest BCUT2D eigenvalue weighted by Crippen LogP contribution is 2.38. The molecule has 2 heterocycles. The molecule has 0 aliphatic heterocycles. The van der Waals surface area contributed by atoms with Crippen molar-refractivity contribution in [3.63, 3.8) is 0 Å². The number of amides is 1. The van der Waals surface area contributed by atoms with Crippen LogP contribution in [0.4, 0.5) is 10.1 Å². The molecule has 1 saturated carbocycles. The molecule has 3 aromatic rings. The van der Waals surface area contributed by atoms with E-state index in [0.717, 1.165) is 18.9 Å². The second-order valence-electron chi connectivity index (χ2n) is 9.47. The predicted molar refractivity (Wildman–Crippen MR) is 148 cm³/mol. The van der Waals surface area contributed by atoms with E-state index in [1.807, 2.05) is 17.8 Å². The normalized spacial score (nSPS) is 17.6. The summed E-state index contributed by atoms with van der Waals surface area (Å²) in [7, 11) is 3.29. The van der Waals surface area contributed by atoms with Gasteiger partial charge >= 0.3 is 5.97 Å². The fraction of sp³-hybridized carbons (Fsp3) is 0.393. The molecule has 2 aromatic heterocycles. The van der Waals surface area contributed by atoms with E-state index in [2.05, 4.69) is 10.2 Å². The monoisotopic (exact) mass is 574 g/mol. The molecule has 0 radical (unpaired) electrons. The van der Waals surface area contributed by atoms with E-state index in [1.165, 1.54) is 35.8 Å². The number of halogens is 1. The van der Waals surface area contributed by atoms with Crippen LogP contribution in [0.2, 0.25) is 0 Å². The number of hydrogen-bond donors (Lipinski definition) is 2. The first-order chi connectivity index (χ1) is 18.8. The Bertz CT molecular complexity index is 1240. The molecule has 0 atom stereocenters. The van der Waals surface area contributed by atoms with E-state index < -0.39 is 17.4 Å². The predicted octanol–water partition coefficient (Wildman–Crippen LogP) is 4.82. The number of nitrogens with one attached hydrogen (secondary N) is 1. The smallest absolute Gasteiger partial charge is 0.349 e. The van der Waals surface area contributed by atoms with Crippen molar-refractivity contribution in [1.29, 1.82) is 0 Å². The van der Waals surface area contributed by atoms with Crippen LogP contribution in [0.1, 0.15) is 52.2 Å². The number of anilines is 1. The van der Waals surface area contributed by atoms with E-state index in [9.17, 15) is 23.9 Å². The van der Waals surface area contributed by atoms with E-state index in [-0.39, 0.29) is 41.5 Å². The van der Waals surface area contributed by atoms with Crippen molar-refractivity contribution >= 4 is 46.5 Å². The standard InChI is InChI=1S/C28H31FN2O6S2/c1-31(12-11-26(33)30-22-16-23(36-2)18(17-32)15-21(22)29)19-7-9-20(10-8-19)37-27(34)28(35,24-5-3-13-38-24)25-6-4-14-39-25/h3-6,13-17,19-20,35H,7-12H2,1-2H3,(H,30,33)/t19-,20-. The molecule has 208 valence electrons. The van der Waals surface area contributed by atoms with Crippen LogP contribution < -0.4 is 10.1 Å². The van der Waals surface area contributed by atoms with Gasteiger partial charge in [-0.2, -0.15) is 0 Å². The second-order valence-corrected chi connectivity index (χ2v) is 11.4. The minimum absolute atomic E-state index is 0.0440. The van der Waals surface area contributed by atoms with Crippen molar-refractivity contribution in [2.24, 2.45) is 0 Å². The van der Waals surface area contributed by atoms with Crippen LogP contribution in [0.3, 0.4) is 0 Å². The third-order valence-electron chi connectivity index (χ3n) is 7.00. The minimum atomic E-state index is -1.82. The maximum Gasteiger partial charge on any atom is 0.349 e. The molecule has 1 aliphatic rings. The maximum atomic E-state index is 14.3. The molecule has 1 amide bonds. The molecule has 0 unspecified atom stereocenters. The summed E-state index contributed by atoms with van der Waals surface area (Å²) in [5, 5.41) is 17.6. The lowest BCUT2D eigenvalue weighted by molar-refractivity contribution is -0.169. The molecule has 0 bridgehead atoms. The first-order valence-electron chi connectivity index (χ1n) is 12.6. The number of hydrogen-bond acceptors (Lipinski definition) is 9. The number of benzene rings is 1. The van der Waals surface area contributed by atoms with Crippen molar-refractivity contribution < 1.29 is 33.4 Å². The molecule has 4 rings (SSSR count). The van der Waals surface area contributed by atoms with E-state index in [1.54, 1.807) is 24.3 Å². The van der Waals surface area contributed by atoms with E-state index in [4.69, 9.17) is 9.47 Å². The summed E-state index contributed by atoms with van der Waals surface area (Å²) in [6.07, 6.45) is 3.17. The Morgan fingerprint density at radius 3 is 2.33 bits per heavy atom. The average Bonchev–Trinajstić information content (AvgIpc) is 3.68.